The molecule has 1 aromatic carbocycles. The number of benzene rings is 1. The van der Waals surface area contributed by atoms with Gasteiger partial charge in [-0.25, -0.2) is 8.78 Å². The summed E-state index contributed by atoms with van der Waals surface area (Å²) in [6, 6.07) is 3.67. The van der Waals surface area contributed by atoms with Gasteiger partial charge in [0.2, 0.25) is 0 Å². The predicted octanol–water partition coefficient (Wildman–Crippen LogP) is 2.15. The van der Waals surface area contributed by atoms with Gasteiger partial charge in [-0.1, -0.05) is 0 Å². The summed E-state index contributed by atoms with van der Waals surface area (Å²) in [5, 5.41) is 3.33. The standard InChI is InChI=1S/C13H18F2N2/c14-12-3-4-13(15)11(9-12)10-17-7-1-5-16-6-2-8-17/h3-4,9,16H,1-2,5-8,10H2. The number of hydrogen-bond donors (Lipinski definition) is 1. The summed E-state index contributed by atoms with van der Waals surface area (Å²) >= 11 is 0. The molecule has 1 heterocycles. The maximum Gasteiger partial charge on any atom is 0.127 e. The third-order valence-corrected chi connectivity index (χ3v) is 3.06. The number of nitrogens with zero attached hydrogens (tertiary/aromatic N) is 1. The molecule has 0 atom stereocenters. The molecule has 17 heavy (non-hydrogen) atoms. The normalized spacial score (nSPS) is 18.7. The Morgan fingerprint density at radius 2 is 1.82 bits per heavy atom. The van der Waals surface area contributed by atoms with Gasteiger partial charge in [0.25, 0.3) is 0 Å². The lowest BCUT2D eigenvalue weighted by Crippen LogP contribution is -2.33. The maximum atomic E-state index is 13.5. The Labute approximate surface area is 101 Å². The van der Waals surface area contributed by atoms with Gasteiger partial charge in [0, 0.05) is 12.1 Å². The second-order valence-electron chi connectivity index (χ2n) is 4.47. The van der Waals surface area contributed by atoms with Crippen molar-refractivity contribution in [2.75, 3.05) is 26.2 Å². The Hall–Kier alpha value is -1.00. The van der Waals surface area contributed by atoms with Crippen molar-refractivity contribution in [1.82, 2.24) is 10.2 Å². The van der Waals surface area contributed by atoms with Gasteiger partial charge < -0.3 is 5.32 Å². The fourth-order valence-corrected chi connectivity index (χ4v) is 2.16. The average molecular weight is 240 g/mol. The first-order chi connectivity index (χ1) is 8.25. The van der Waals surface area contributed by atoms with Crippen LogP contribution in [0.25, 0.3) is 0 Å². The van der Waals surface area contributed by atoms with Crippen molar-refractivity contribution in [3.63, 3.8) is 0 Å². The molecule has 0 spiro atoms. The topological polar surface area (TPSA) is 15.3 Å². The Morgan fingerprint density at radius 3 is 2.53 bits per heavy atom. The van der Waals surface area contributed by atoms with Crippen molar-refractivity contribution in [1.29, 1.82) is 0 Å². The smallest absolute Gasteiger partial charge is 0.127 e. The van der Waals surface area contributed by atoms with E-state index in [0.717, 1.165) is 45.1 Å². The molecule has 0 radical (unpaired) electrons. The molecule has 1 aromatic rings. The summed E-state index contributed by atoms with van der Waals surface area (Å²) in [4.78, 5) is 2.19. The molecule has 0 saturated carbocycles. The summed E-state index contributed by atoms with van der Waals surface area (Å²) < 4.78 is 26.6. The average Bonchev–Trinajstić information content (AvgIpc) is 2.27. The van der Waals surface area contributed by atoms with Crippen LogP contribution in [0.2, 0.25) is 0 Å². The summed E-state index contributed by atoms with van der Waals surface area (Å²) in [6.45, 7) is 4.37. The van der Waals surface area contributed by atoms with Crippen LogP contribution < -0.4 is 5.32 Å². The molecule has 0 aliphatic carbocycles. The van der Waals surface area contributed by atoms with Crippen molar-refractivity contribution >= 4 is 0 Å². The zero-order valence-electron chi connectivity index (χ0n) is 9.88. The summed E-state index contributed by atoms with van der Waals surface area (Å²) in [5.41, 5.74) is 0.457. The third kappa shape index (κ3) is 3.75. The van der Waals surface area contributed by atoms with Gasteiger partial charge in [-0.05, 0) is 57.2 Å². The number of halogens is 2. The van der Waals surface area contributed by atoms with Crippen LogP contribution in [0.3, 0.4) is 0 Å². The molecule has 1 fully saturated rings. The minimum atomic E-state index is -0.366. The van der Waals surface area contributed by atoms with Crippen molar-refractivity contribution in [2.24, 2.45) is 0 Å². The minimum absolute atomic E-state index is 0.313. The van der Waals surface area contributed by atoms with Crippen LogP contribution in [-0.4, -0.2) is 31.1 Å². The van der Waals surface area contributed by atoms with Crippen molar-refractivity contribution in [3.05, 3.63) is 35.4 Å². The monoisotopic (exact) mass is 240 g/mol. The van der Waals surface area contributed by atoms with E-state index in [1.165, 1.54) is 12.1 Å². The van der Waals surface area contributed by atoms with Gasteiger partial charge in [0.05, 0.1) is 0 Å². The highest BCUT2D eigenvalue weighted by atomic mass is 19.1. The van der Waals surface area contributed by atoms with Crippen molar-refractivity contribution in [3.8, 4) is 0 Å². The van der Waals surface area contributed by atoms with Crippen LogP contribution in [0.5, 0.6) is 0 Å². The Kier molecular flexibility index (Phi) is 4.45. The van der Waals surface area contributed by atoms with E-state index in [4.69, 9.17) is 0 Å². The van der Waals surface area contributed by atoms with Gasteiger partial charge >= 0.3 is 0 Å². The SMILES string of the molecule is Fc1ccc(F)c(CN2CCCNCCC2)c1. The van der Waals surface area contributed by atoms with E-state index in [1.54, 1.807) is 0 Å². The lowest BCUT2D eigenvalue weighted by Gasteiger charge is -2.25. The Balaban J connectivity index is 2.00. The molecular formula is C13H18F2N2. The molecule has 1 N–H and O–H groups in total. The number of rotatable bonds is 2. The quantitative estimate of drug-likeness (QED) is 0.852. The molecule has 2 nitrogen and oxygen atoms in total. The molecule has 0 unspecified atom stereocenters. The molecule has 2 rings (SSSR count). The highest BCUT2D eigenvalue weighted by molar-refractivity contribution is 5.18. The van der Waals surface area contributed by atoms with Crippen LogP contribution in [0.15, 0.2) is 18.2 Å². The predicted molar refractivity (Wildman–Crippen MR) is 63.7 cm³/mol. The zero-order chi connectivity index (χ0) is 12.1. The molecule has 0 bridgehead atoms. The van der Waals surface area contributed by atoms with Crippen molar-refractivity contribution in [2.45, 2.75) is 19.4 Å². The fourth-order valence-electron chi connectivity index (χ4n) is 2.16. The van der Waals surface area contributed by atoms with Crippen LogP contribution >= 0.6 is 0 Å². The minimum Gasteiger partial charge on any atom is -0.317 e. The van der Waals surface area contributed by atoms with Gasteiger partial charge in [-0.2, -0.15) is 0 Å². The highest BCUT2D eigenvalue weighted by Crippen LogP contribution is 2.13. The molecule has 1 saturated heterocycles. The largest absolute Gasteiger partial charge is 0.317 e. The third-order valence-electron chi connectivity index (χ3n) is 3.06. The first-order valence-electron chi connectivity index (χ1n) is 6.13. The Morgan fingerprint density at radius 1 is 1.12 bits per heavy atom. The van der Waals surface area contributed by atoms with Gasteiger partial charge in [-0.3, -0.25) is 4.90 Å². The molecule has 0 aromatic heterocycles. The first-order valence-corrected chi connectivity index (χ1v) is 6.13. The summed E-state index contributed by atoms with van der Waals surface area (Å²) in [6.07, 6.45) is 2.11. The van der Waals surface area contributed by atoms with Crippen molar-refractivity contribution < 1.29 is 8.78 Å². The fraction of sp³-hybridized carbons (Fsp3) is 0.538. The van der Waals surface area contributed by atoms with E-state index in [1.807, 2.05) is 0 Å². The number of hydrogen-bond acceptors (Lipinski definition) is 2. The van der Waals surface area contributed by atoms with Crippen LogP contribution in [-0.2, 0) is 6.54 Å². The molecule has 1 aliphatic rings. The first kappa shape index (κ1) is 12.5. The summed E-state index contributed by atoms with van der Waals surface area (Å²) in [7, 11) is 0. The lowest BCUT2D eigenvalue weighted by molar-refractivity contribution is 0.241. The second kappa shape index (κ2) is 6.07. The second-order valence-corrected chi connectivity index (χ2v) is 4.47. The van der Waals surface area contributed by atoms with E-state index >= 15 is 0 Å². The van der Waals surface area contributed by atoms with E-state index in [2.05, 4.69) is 10.2 Å². The molecule has 4 heteroatoms. The molecule has 1 aliphatic heterocycles. The van der Waals surface area contributed by atoms with Gasteiger partial charge in [-0.15, -0.1) is 0 Å². The molecule has 94 valence electrons. The van der Waals surface area contributed by atoms with Crippen LogP contribution in [0, 0.1) is 11.6 Å². The van der Waals surface area contributed by atoms with E-state index < -0.39 is 0 Å². The number of nitrogens with one attached hydrogen (secondary N) is 1. The van der Waals surface area contributed by atoms with Gasteiger partial charge in [0.1, 0.15) is 11.6 Å². The molecule has 0 amide bonds. The Bertz CT molecular complexity index is 360. The van der Waals surface area contributed by atoms with Gasteiger partial charge in [0.15, 0.2) is 0 Å². The lowest BCUT2D eigenvalue weighted by atomic mass is 10.1. The van der Waals surface area contributed by atoms with E-state index in [0.29, 0.717) is 12.1 Å². The van der Waals surface area contributed by atoms with Crippen LogP contribution in [0.4, 0.5) is 8.78 Å². The van der Waals surface area contributed by atoms with E-state index in [9.17, 15) is 8.78 Å². The summed E-state index contributed by atoms with van der Waals surface area (Å²) in [5.74, 6) is -0.679. The van der Waals surface area contributed by atoms with E-state index in [-0.39, 0.29) is 11.6 Å². The zero-order valence-corrected chi connectivity index (χ0v) is 9.88. The molecular weight excluding hydrogens is 222 g/mol. The van der Waals surface area contributed by atoms with Crippen LogP contribution in [0.1, 0.15) is 18.4 Å². The maximum absolute atomic E-state index is 13.5. The highest BCUT2D eigenvalue weighted by Gasteiger charge is 2.11.